The minimum absolute atomic E-state index is 0.194. The van der Waals surface area contributed by atoms with E-state index >= 15 is 0 Å². The van der Waals surface area contributed by atoms with E-state index in [2.05, 4.69) is 5.32 Å². The van der Waals surface area contributed by atoms with Gasteiger partial charge in [-0.05, 0) is 6.07 Å². The second-order valence-electron chi connectivity index (χ2n) is 3.13. The zero-order chi connectivity index (χ0) is 13.2. The molecule has 8 heteroatoms. The lowest BCUT2D eigenvalue weighted by Crippen LogP contribution is -2.09. The van der Waals surface area contributed by atoms with Gasteiger partial charge in [0.15, 0.2) is 0 Å². The maximum atomic E-state index is 10.8. The van der Waals surface area contributed by atoms with Gasteiger partial charge in [-0.2, -0.15) is 0 Å². The molecule has 0 heterocycles. The lowest BCUT2D eigenvalue weighted by atomic mass is 10.1. The Morgan fingerprint density at radius 1 is 1.41 bits per heavy atom. The number of carbonyl (C=O) groups is 2. The molecule has 0 spiro atoms. The molecule has 0 saturated heterocycles. The van der Waals surface area contributed by atoms with Crippen LogP contribution in [0.4, 0.5) is 11.4 Å². The second kappa shape index (κ2) is 4.47. The van der Waals surface area contributed by atoms with Crippen LogP contribution in [0.2, 0.25) is 0 Å². The Morgan fingerprint density at radius 3 is 2.41 bits per heavy atom. The van der Waals surface area contributed by atoms with Gasteiger partial charge in [0.25, 0.3) is 5.69 Å². The highest BCUT2D eigenvalue weighted by molar-refractivity contribution is 5.97. The molecule has 0 radical (unpaired) electrons. The number of nitro benzene ring substituents is 1. The molecular weight excluding hydrogens is 232 g/mol. The molecule has 0 atom stereocenters. The van der Waals surface area contributed by atoms with Crippen LogP contribution < -0.4 is 5.32 Å². The van der Waals surface area contributed by atoms with Crippen LogP contribution in [0.5, 0.6) is 5.75 Å². The number of hydrogen-bond acceptors (Lipinski definition) is 5. The van der Waals surface area contributed by atoms with Crippen molar-refractivity contribution in [1.29, 1.82) is 0 Å². The van der Waals surface area contributed by atoms with Gasteiger partial charge >= 0.3 is 5.97 Å². The van der Waals surface area contributed by atoms with E-state index in [0.29, 0.717) is 6.07 Å². The smallest absolute Gasteiger partial charge is 0.342 e. The van der Waals surface area contributed by atoms with Gasteiger partial charge in [0.2, 0.25) is 5.91 Å². The molecule has 17 heavy (non-hydrogen) atoms. The van der Waals surface area contributed by atoms with Crippen LogP contribution in [-0.2, 0) is 4.79 Å². The number of aromatic carboxylic acids is 1. The SMILES string of the molecule is CC(=O)Nc1cc(C(=O)O)c([N+](=O)[O-])cc1O. The molecule has 0 bridgehead atoms. The number of amides is 1. The number of nitrogens with one attached hydrogen (secondary N) is 1. The first-order chi connectivity index (χ1) is 7.82. The maximum absolute atomic E-state index is 10.8. The van der Waals surface area contributed by atoms with E-state index in [4.69, 9.17) is 5.11 Å². The summed E-state index contributed by atoms with van der Waals surface area (Å²) in [7, 11) is 0. The third-order valence-electron chi connectivity index (χ3n) is 1.85. The fraction of sp³-hybridized carbons (Fsp3) is 0.111. The lowest BCUT2D eigenvalue weighted by molar-refractivity contribution is -0.385. The van der Waals surface area contributed by atoms with Gasteiger partial charge < -0.3 is 15.5 Å². The molecule has 0 aliphatic carbocycles. The van der Waals surface area contributed by atoms with Crippen LogP contribution in [-0.4, -0.2) is 27.0 Å². The summed E-state index contributed by atoms with van der Waals surface area (Å²) in [6.07, 6.45) is 0. The molecule has 8 nitrogen and oxygen atoms in total. The number of carboxylic acids is 1. The number of nitrogens with zero attached hydrogens (tertiary/aromatic N) is 1. The van der Waals surface area contributed by atoms with Crippen molar-refractivity contribution in [2.75, 3.05) is 5.32 Å². The van der Waals surface area contributed by atoms with Crippen molar-refractivity contribution < 1.29 is 24.7 Å². The fourth-order valence-electron chi connectivity index (χ4n) is 1.19. The summed E-state index contributed by atoms with van der Waals surface area (Å²) in [4.78, 5) is 31.2. The van der Waals surface area contributed by atoms with Gasteiger partial charge in [-0.3, -0.25) is 14.9 Å². The van der Waals surface area contributed by atoms with Crippen LogP contribution in [0.1, 0.15) is 17.3 Å². The molecule has 0 fully saturated rings. The number of rotatable bonds is 3. The molecule has 0 aromatic heterocycles. The van der Waals surface area contributed by atoms with Crippen molar-refractivity contribution >= 4 is 23.3 Å². The van der Waals surface area contributed by atoms with E-state index < -0.39 is 33.8 Å². The molecule has 1 aromatic rings. The van der Waals surface area contributed by atoms with Crippen molar-refractivity contribution in [3.05, 3.63) is 27.8 Å². The first kappa shape index (κ1) is 12.4. The monoisotopic (exact) mass is 240 g/mol. The number of anilines is 1. The highest BCUT2D eigenvalue weighted by atomic mass is 16.6. The molecule has 1 amide bonds. The standard InChI is InChI=1S/C9H8N2O6/c1-4(12)10-6-2-5(9(14)15)7(11(16)17)3-8(6)13/h2-3,13H,1H3,(H,10,12)(H,14,15). The van der Waals surface area contributed by atoms with Crippen molar-refractivity contribution in [2.24, 2.45) is 0 Å². The molecular formula is C9H8N2O6. The molecule has 0 saturated carbocycles. The number of carboxylic acid groups (broad SMARTS) is 1. The van der Waals surface area contributed by atoms with E-state index in [9.17, 15) is 24.8 Å². The Kier molecular flexibility index (Phi) is 3.27. The minimum atomic E-state index is -1.52. The Morgan fingerprint density at radius 2 is 2.00 bits per heavy atom. The molecule has 0 aliphatic rings. The topological polar surface area (TPSA) is 130 Å². The summed E-state index contributed by atoms with van der Waals surface area (Å²) in [5, 5.41) is 30.9. The Hall–Kier alpha value is -2.64. The molecule has 0 unspecified atom stereocenters. The summed E-state index contributed by atoms with van der Waals surface area (Å²) in [5.74, 6) is -2.63. The molecule has 0 aliphatic heterocycles. The lowest BCUT2D eigenvalue weighted by Gasteiger charge is -2.06. The first-order valence-electron chi connectivity index (χ1n) is 4.35. The summed E-state index contributed by atoms with van der Waals surface area (Å²) in [6, 6.07) is 1.51. The molecule has 90 valence electrons. The van der Waals surface area contributed by atoms with Gasteiger partial charge in [0.1, 0.15) is 11.3 Å². The normalized spacial score (nSPS) is 9.71. The number of aromatic hydroxyl groups is 1. The number of carbonyl (C=O) groups excluding carboxylic acids is 1. The Bertz CT molecular complexity index is 510. The zero-order valence-electron chi connectivity index (χ0n) is 8.63. The van der Waals surface area contributed by atoms with Gasteiger partial charge in [-0.1, -0.05) is 0 Å². The molecule has 1 aromatic carbocycles. The summed E-state index contributed by atoms with van der Waals surface area (Å²) >= 11 is 0. The number of hydrogen-bond donors (Lipinski definition) is 3. The number of phenols is 1. The van der Waals surface area contributed by atoms with Crippen LogP contribution in [0.3, 0.4) is 0 Å². The summed E-state index contributed by atoms with van der Waals surface area (Å²) < 4.78 is 0. The number of nitro groups is 1. The predicted molar refractivity (Wildman–Crippen MR) is 56.0 cm³/mol. The summed E-state index contributed by atoms with van der Waals surface area (Å²) in [6.45, 7) is 1.15. The van der Waals surface area contributed by atoms with Crippen molar-refractivity contribution in [3.8, 4) is 5.75 Å². The van der Waals surface area contributed by atoms with Crippen molar-refractivity contribution in [2.45, 2.75) is 6.92 Å². The third kappa shape index (κ3) is 2.68. The van der Waals surface area contributed by atoms with Crippen molar-refractivity contribution in [1.82, 2.24) is 0 Å². The average Bonchev–Trinajstić information content (AvgIpc) is 2.19. The highest BCUT2D eigenvalue weighted by Crippen LogP contribution is 2.31. The van der Waals surface area contributed by atoms with E-state index in [1.807, 2.05) is 0 Å². The van der Waals surface area contributed by atoms with E-state index in [1.54, 1.807) is 0 Å². The number of benzene rings is 1. The van der Waals surface area contributed by atoms with Crippen molar-refractivity contribution in [3.63, 3.8) is 0 Å². The van der Waals surface area contributed by atoms with Gasteiger partial charge in [-0.25, -0.2) is 4.79 Å². The summed E-state index contributed by atoms with van der Waals surface area (Å²) in [5.41, 5.74) is -1.55. The Labute approximate surface area is 94.6 Å². The van der Waals surface area contributed by atoms with E-state index in [-0.39, 0.29) is 5.69 Å². The quantitative estimate of drug-likeness (QED) is 0.409. The minimum Gasteiger partial charge on any atom is -0.506 e. The fourth-order valence-corrected chi connectivity index (χ4v) is 1.19. The van der Waals surface area contributed by atoms with Crippen LogP contribution in [0, 0.1) is 10.1 Å². The molecule has 1 rings (SSSR count). The second-order valence-corrected chi connectivity index (χ2v) is 3.13. The Balaban J connectivity index is 3.39. The van der Waals surface area contributed by atoms with E-state index in [0.717, 1.165) is 13.0 Å². The van der Waals surface area contributed by atoms with Crippen LogP contribution in [0.15, 0.2) is 12.1 Å². The predicted octanol–water partition coefficient (Wildman–Crippen LogP) is 0.957. The molecule has 3 N–H and O–H groups in total. The maximum Gasteiger partial charge on any atom is 0.342 e. The van der Waals surface area contributed by atoms with Crippen LogP contribution >= 0.6 is 0 Å². The zero-order valence-corrected chi connectivity index (χ0v) is 8.63. The number of phenolic OH excluding ortho intramolecular Hbond substituents is 1. The third-order valence-corrected chi connectivity index (χ3v) is 1.85. The van der Waals surface area contributed by atoms with Crippen LogP contribution in [0.25, 0.3) is 0 Å². The van der Waals surface area contributed by atoms with Gasteiger partial charge in [0, 0.05) is 6.92 Å². The first-order valence-corrected chi connectivity index (χ1v) is 4.35. The average molecular weight is 240 g/mol. The highest BCUT2D eigenvalue weighted by Gasteiger charge is 2.23. The van der Waals surface area contributed by atoms with Gasteiger partial charge in [0.05, 0.1) is 16.7 Å². The van der Waals surface area contributed by atoms with E-state index in [1.165, 1.54) is 0 Å². The largest absolute Gasteiger partial charge is 0.506 e. The van der Waals surface area contributed by atoms with Gasteiger partial charge in [-0.15, -0.1) is 0 Å².